The summed E-state index contributed by atoms with van der Waals surface area (Å²) in [5.41, 5.74) is 7.19. The van der Waals surface area contributed by atoms with Crippen molar-refractivity contribution in [3.05, 3.63) is 59.2 Å². The molecule has 25 heavy (non-hydrogen) atoms. The second kappa shape index (κ2) is 6.66. The van der Waals surface area contributed by atoms with Gasteiger partial charge in [0.2, 0.25) is 0 Å². The molecule has 7 heteroatoms. The Labute approximate surface area is 143 Å². The fourth-order valence-corrected chi connectivity index (χ4v) is 3.01. The van der Waals surface area contributed by atoms with Crippen molar-refractivity contribution >= 4 is 11.8 Å². The van der Waals surface area contributed by atoms with Gasteiger partial charge in [0.25, 0.3) is 0 Å². The summed E-state index contributed by atoms with van der Waals surface area (Å²) in [6.45, 7) is 1.32. The van der Waals surface area contributed by atoms with Crippen LogP contribution >= 0.6 is 0 Å². The Morgan fingerprint density at radius 1 is 1.16 bits per heavy atom. The van der Waals surface area contributed by atoms with E-state index in [1.165, 1.54) is 12.1 Å². The number of benzene rings is 2. The third-order valence-electron chi connectivity index (χ3n) is 4.14. The molecular formula is C18H17F3N2O2. The molecule has 4 nitrogen and oxygen atoms in total. The number of anilines is 1. The fraction of sp³-hybridized carbons (Fsp3) is 0.278. The van der Waals surface area contributed by atoms with Crippen LogP contribution in [0.4, 0.5) is 23.7 Å². The van der Waals surface area contributed by atoms with Gasteiger partial charge in [0.05, 0.1) is 5.56 Å². The lowest BCUT2D eigenvalue weighted by atomic mass is 10.0. The summed E-state index contributed by atoms with van der Waals surface area (Å²) in [6, 6.07) is 10.5. The van der Waals surface area contributed by atoms with Crippen molar-refractivity contribution in [2.24, 2.45) is 5.73 Å². The van der Waals surface area contributed by atoms with Crippen molar-refractivity contribution in [2.45, 2.75) is 25.6 Å². The zero-order chi connectivity index (χ0) is 18.0. The number of primary amides is 1. The van der Waals surface area contributed by atoms with Gasteiger partial charge in [-0.05, 0) is 54.3 Å². The Kier molecular flexibility index (Phi) is 4.57. The Balaban J connectivity index is 1.78. The van der Waals surface area contributed by atoms with Crippen molar-refractivity contribution < 1.29 is 22.7 Å². The first-order chi connectivity index (χ1) is 11.8. The van der Waals surface area contributed by atoms with Crippen molar-refractivity contribution in [3.63, 3.8) is 0 Å². The van der Waals surface area contributed by atoms with Gasteiger partial charge in [-0.25, -0.2) is 4.79 Å². The van der Waals surface area contributed by atoms with Gasteiger partial charge in [0, 0.05) is 18.8 Å². The quantitative estimate of drug-likeness (QED) is 0.906. The molecule has 3 rings (SSSR count). The number of carbonyl (C=O) groups is 1. The second-order valence-electron chi connectivity index (χ2n) is 5.93. The molecule has 0 atom stereocenters. The fourth-order valence-electron chi connectivity index (χ4n) is 3.01. The molecular weight excluding hydrogens is 333 g/mol. The molecule has 0 saturated carbocycles. The van der Waals surface area contributed by atoms with E-state index < -0.39 is 17.8 Å². The topological polar surface area (TPSA) is 55.6 Å². The highest BCUT2D eigenvalue weighted by Gasteiger charge is 2.30. The number of nitrogens with zero attached hydrogens (tertiary/aromatic N) is 1. The molecule has 132 valence electrons. The van der Waals surface area contributed by atoms with E-state index in [0.717, 1.165) is 48.3 Å². The van der Waals surface area contributed by atoms with E-state index in [-0.39, 0.29) is 0 Å². The first-order valence-corrected chi connectivity index (χ1v) is 7.84. The third kappa shape index (κ3) is 4.04. The van der Waals surface area contributed by atoms with Crippen LogP contribution in [0.2, 0.25) is 0 Å². The molecule has 0 unspecified atom stereocenters. The highest BCUT2D eigenvalue weighted by atomic mass is 19.4. The summed E-state index contributed by atoms with van der Waals surface area (Å²) in [5, 5.41) is 0. The maximum atomic E-state index is 12.6. The monoisotopic (exact) mass is 350 g/mol. The van der Waals surface area contributed by atoms with Crippen molar-refractivity contribution in [3.8, 4) is 5.75 Å². The lowest BCUT2D eigenvalue weighted by molar-refractivity contribution is -0.137. The zero-order valence-corrected chi connectivity index (χ0v) is 13.3. The van der Waals surface area contributed by atoms with Gasteiger partial charge in [-0.2, -0.15) is 13.2 Å². The van der Waals surface area contributed by atoms with Crippen LogP contribution in [0.15, 0.2) is 42.5 Å². The highest BCUT2D eigenvalue weighted by molar-refractivity contribution is 5.69. The molecule has 0 spiro atoms. The van der Waals surface area contributed by atoms with Crippen LogP contribution < -0.4 is 15.4 Å². The molecule has 1 aliphatic heterocycles. The highest BCUT2D eigenvalue weighted by Crippen LogP contribution is 2.33. The number of alkyl halides is 3. The van der Waals surface area contributed by atoms with Crippen LogP contribution in [0, 0.1) is 0 Å². The average Bonchev–Trinajstić information content (AvgIpc) is 2.54. The second-order valence-corrected chi connectivity index (χ2v) is 5.93. The largest absolute Gasteiger partial charge is 0.416 e. The lowest BCUT2D eigenvalue weighted by Crippen LogP contribution is -2.29. The summed E-state index contributed by atoms with van der Waals surface area (Å²) < 4.78 is 42.8. The number of ether oxygens (including phenoxy) is 1. The van der Waals surface area contributed by atoms with E-state index in [0.29, 0.717) is 12.3 Å². The molecule has 1 amide bonds. The van der Waals surface area contributed by atoms with Gasteiger partial charge in [0.15, 0.2) is 0 Å². The van der Waals surface area contributed by atoms with E-state index in [4.69, 9.17) is 10.5 Å². The Morgan fingerprint density at radius 2 is 1.88 bits per heavy atom. The van der Waals surface area contributed by atoms with E-state index in [1.807, 2.05) is 6.07 Å². The van der Waals surface area contributed by atoms with Gasteiger partial charge in [-0.1, -0.05) is 12.1 Å². The maximum absolute atomic E-state index is 12.6. The summed E-state index contributed by atoms with van der Waals surface area (Å²) >= 11 is 0. The molecule has 0 saturated heterocycles. The molecule has 2 N–H and O–H groups in total. The van der Waals surface area contributed by atoms with Crippen LogP contribution in [-0.2, 0) is 19.1 Å². The molecule has 2 aromatic carbocycles. The van der Waals surface area contributed by atoms with Gasteiger partial charge in [-0.15, -0.1) is 0 Å². The Hall–Kier alpha value is -2.70. The van der Waals surface area contributed by atoms with E-state index in [2.05, 4.69) is 4.90 Å². The average molecular weight is 350 g/mol. The third-order valence-corrected chi connectivity index (χ3v) is 4.14. The minimum absolute atomic E-state index is 0.391. The van der Waals surface area contributed by atoms with Crippen molar-refractivity contribution in [1.29, 1.82) is 0 Å². The van der Waals surface area contributed by atoms with Crippen LogP contribution in [0.1, 0.15) is 23.1 Å². The number of amides is 1. The van der Waals surface area contributed by atoms with Crippen molar-refractivity contribution in [2.75, 3.05) is 11.4 Å². The van der Waals surface area contributed by atoms with E-state index in [9.17, 15) is 18.0 Å². The lowest BCUT2D eigenvalue weighted by Gasteiger charge is -2.31. The minimum Gasteiger partial charge on any atom is -0.410 e. The predicted octanol–water partition coefficient (Wildman–Crippen LogP) is 4.12. The van der Waals surface area contributed by atoms with Crippen LogP contribution in [-0.4, -0.2) is 12.6 Å². The zero-order valence-electron chi connectivity index (χ0n) is 13.3. The molecule has 2 aromatic rings. The first kappa shape index (κ1) is 17.1. The van der Waals surface area contributed by atoms with Crippen LogP contribution in [0.5, 0.6) is 5.75 Å². The molecule has 1 aliphatic rings. The Morgan fingerprint density at radius 3 is 2.52 bits per heavy atom. The number of aryl methyl sites for hydroxylation is 1. The molecule has 0 fully saturated rings. The maximum Gasteiger partial charge on any atom is 0.416 e. The van der Waals surface area contributed by atoms with Crippen molar-refractivity contribution in [1.82, 2.24) is 0 Å². The van der Waals surface area contributed by atoms with E-state index >= 15 is 0 Å². The normalized spacial score (nSPS) is 14.1. The first-order valence-electron chi connectivity index (χ1n) is 7.84. The van der Waals surface area contributed by atoms with E-state index in [1.54, 1.807) is 12.1 Å². The molecule has 0 radical (unpaired) electrons. The number of nitrogens with two attached hydrogens (primary N) is 1. The standard InChI is InChI=1S/C18H17F3N2O2/c19-18(20,21)14-5-3-12(4-6-14)11-23-9-1-2-13-10-15(25-17(22)24)7-8-16(13)23/h3-8,10H,1-2,9,11H2,(H2,22,24). The number of fused-ring (bicyclic) bond motifs is 1. The summed E-state index contributed by atoms with van der Waals surface area (Å²) in [7, 11) is 0. The molecule has 0 aliphatic carbocycles. The van der Waals surface area contributed by atoms with Gasteiger partial charge in [-0.3, -0.25) is 0 Å². The number of carbonyl (C=O) groups excluding carboxylic acids is 1. The summed E-state index contributed by atoms with van der Waals surface area (Å²) in [4.78, 5) is 13.0. The minimum atomic E-state index is -4.33. The Bertz CT molecular complexity index is 773. The summed E-state index contributed by atoms with van der Waals surface area (Å²) in [5.74, 6) is 0.391. The molecule has 0 aromatic heterocycles. The van der Waals surface area contributed by atoms with Gasteiger partial charge in [0.1, 0.15) is 5.75 Å². The van der Waals surface area contributed by atoms with Gasteiger partial charge < -0.3 is 15.4 Å². The van der Waals surface area contributed by atoms with Crippen LogP contribution in [0.25, 0.3) is 0 Å². The van der Waals surface area contributed by atoms with Gasteiger partial charge >= 0.3 is 12.3 Å². The number of hydrogen-bond acceptors (Lipinski definition) is 3. The molecule has 0 bridgehead atoms. The number of rotatable bonds is 3. The predicted molar refractivity (Wildman–Crippen MR) is 87.5 cm³/mol. The summed E-state index contributed by atoms with van der Waals surface area (Å²) in [6.07, 6.45) is -3.44. The smallest absolute Gasteiger partial charge is 0.410 e. The van der Waals surface area contributed by atoms with Crippen LogP contribution in [0.3, 0.4) is 0 Å². The SMILES string of the molecule is NC(=O)Oc1ccc2c(c1)CCCN2Cc1ccc(C(F)(F)F)cc1. The number of hydrogen-bond donors (Lipinski definition) is 1. The number of halogens is 3. The molecule has 1 heterocycles.